The molecule has 1 saturated heterocycles. The van der Waals surface area contributed by atoms with Gasteiger partial charge in [-0.15, -0.1) is 0 Å². The molecule has 2 rings (SSSR count). The van der Waals surface area contributed by atoms with E-state index < -0.39 is 11.7 Å². The molecule has 0 aliphatic carbocycles. The Kier molecular flexibility index (Phi) is 9.19. The lowest BCUT2D eigenvalue weighted by molar-refractivity contribution is -0.126. The number of hydrogen-bond donors (Lipinski definition) is 2. The summed E-state index contributed by atoms with van der Waals surface area (Å²) < 4.78 is 21.1. The number of alkyl carbamates (subject to hydrolysis) is 1. The molecule has 1 unspecified atom stereocenters. The second kappa shape index (κ2) is 11.6. The van der Waals surface area contributed by atoms with Gasteiger partial charge in [0.25, 0.3) is 5.91 Å². The van der Waals surface area contributed by atoms with Crippen molar-refractivity contribution in [2.24, 2.45) is 5.92 Å². The van der Waals surface area contributed by atoms with E-state index in [-0.39, 0.29) is 30.8 Å². The van der Waals surface area contributed by atoms with Crippen LogP contribution in [0, 0.1) is 5.92 Å². The Hall–Kier alpha value is -3.17. The van der Waals surface area contributed by atoms with Crippen molar-refractivity contribution in [1.82, 2.24) is 15.5 Å². The van der Waals surface area contributed by atoms with Gasteiger partial charge in [0.15, 0.2) is 11.5 Å². The van der Waals surface area contributed by atoms with Gasteiger partial charge in [-0.2, -0.15) is 0 Å². The number of nitrogens with zero attached hydrogens (tertiary/aromatic N) is 1. The second-order valence-corrected chi connectivity index (χ2v) is 8.72. The number of amides is 3. The first-order chi connectivity index (χ1) is 15.6. The Morgan fingerprint density at radius 3 is 2.18 bits per heavy atom. The van der Waals surface area contributed by atoms with E-state index in [1.54, 1.807) is 37.8 Å². The molecule has 0 spiro atoms. The lowest BCUT2D eigenvalue weighted by Gasteiger charge is -2.32. The van der Waals surface area contributed by atoms with Crippen molar-refractivity contribution in [3.63, 3.8) is 0 Å². The zero-order chi connectivity index (χ0) is 24.6. The van der Waals surface area contributed by atoms with Crippen molar-refractivity contribution >= 4 is 17.9 Å². The van der Waals surface area contributed by atoms with E-state index in [1.165, 1.54) is 21.3 Å². The van der Waals surface area contributed by atoms with Crippen molar-refractivity contribution in [2.75, 3.05) is 47.5 Å². The molecule has 1 fully saturated rings. The lowest BCUT2D eigenvalue weighted by Crippen LogP contribution is -2.46. The fourth-order valence-corrected chi connectivity index (χ4v) is 3.55. The summed E-state index contributed by atoms with van der Waals surface area (Å²) in [4.78, 5) is 39.2. The van der Waals surface area contributed by atoms with Crippen LogP contribution < -0.4 is 24.8 Å². The first-order valence-electron chi connectivity index (χ1n) is 10.9. The topological polar surface area (TPSA) is 115 Å². The molecule has 0 aromatic heterocycles. The second-order valence-electron chi connectivity index (χ2n) is 8.72. The zero-order valence-corrected chi connectivity index (χ0v) is 20.3. The summed E-state index contributed by atoms with van der Waals surface area (Å²) in [7, 11) is 4.49. The van der Waals surface area contributed by atoms with Gasteiger partial charge in [-0.3, -0.25) is 9.59 Å². The summed E-state index contributed by atoms with van der Waals surface area (Å²) >= 11 is 0. The molecule has 1 atom stereocenters. The minimum atomic E-state index is -0.581. The maximum absolute atomic E-state index is 13.2. The van der Waals surface area contributed by atoms with E-state index in [9.17, 15) is 14.4 Å². The van der Waals surface area contributed by atoms with E-state index >= 15 is 0 Å². The molecule has 3 amide bonds. The van der Waals surface area contributed by atoms with Crippen LogP contribution in [-0.4, -0.2) is 75.9 Å². The fraction of sp³-hybridized carbons (Fsp3) is 0.609. The van der Waals surface area contributed by atoms with Crippen LogP contribution >= 0.6 is 0 Å². The van der Waals surface area contributed by atoms with Crippen LogP contribution in [0.3, 0.4) is 0 Å². The standard InChI is InChI=1S/C23H35N3O7/c1-23(2,3)33-22(29)25-10-9-24-20(27)15-8-7-11-26(14-15)21(28)16-12-18(31-5)19(32-6)13-17(16)30-4/h12-13,15H,7-11,14H2,1-6H3,(H,24,27)(H,25,29). The Labute approximate surface area is 194 Å². The number of rotatable bonds is 8. The predicted molar refractivity (Wildman–Crippen MR) is 122 cm³/mol. The highest BCUT2D eigenvalue weighted by molar-refractivity contribution is 5.98. The first kappa shape index (κ1) is 26.1. The molecule has 10 nitrogen and oxygen atoms in total. The van der Waals surface area contributed by atoms with Gasteiger partial charge >= 0.3 is 6.09 Å². The number of piperidine rings is 1. The van der Waals surface area contributed by atoms with Crippen molar-refractivity contribution < 1.29 is 33.3 Å². The van der Waals surface area contributed by atoms with E-state index in [2.05, 4.69) is 10.6 Å². The summed E-state index contributed by atoms with van der Waals surface area (Å²) in [6.07, 6.45) is 0.850. The van der Waals surface area contributed by atoms with Crippen molar-refractivity contribution in [1.29, 1.82) is 0 Å². The monoisotopic (exact) mass is 465 g/mol. The Morgan fingerprint density at radius 2 is 1.58 bits per heavy atom. The molecule has 1 aromatic rings. The van der Waals surface area contributed by atoms with Crippen LogP contribution in [0.1, 0.15) is 44.0 Å². The SMILES string of the molecule is COc1cc(OC)c(C(=O)N2CCCC(C(=O)NCCNC(=O)OC(C)(C)C)C2)cc1OC. The molecule has 1 aromatic carbocycles. The molecule has 33 heavy (non-hydrogen) atoms. The number of benzene rings is 1. The molecular weight excluding hydrogens is 430 g/mol. The van der Waals surface area contributed by atoms with Crippen LogP contribution in [-0.2, 0) is 9.53 Å². The molecule has 184 valence electrons. The smallest absolute Gasteiger partial charge is 0.407 e. The summed E-state index contributed by atoms with van der Waals surface area (Å²) in [5.41, 5.74) is -0.236. The van der Waals surface area contributed by atoms with E-state index in [0.29, 0.717) is 48.7 Å². The molecule has 1 aliphatic rings. The van der Waals surface area contributed by atoms with Gasteiger partial charge < -0.3 is 34.5 Å². The maximum atomic E-state index is 13.2. The quantitative estimate of drug-likeness (QED) is 0.566. The van der Waals surface area contributed by atoms with Crippen LogP contribution in [0.2, 0.25) is 0 Å². The minimum Gasteiger partial charge on any atom is -0.496 e. The van der Waals surface area contributed by atoms with Crippen molar-refractivity contribution in [3.8, 4) is 17.2 Å². The molecule has 0 bridgehead atoms. The first-order valence-corrected chi connectivity index (χ1v) is 10.9. The van der Waals surface area contributed by atoms with Gasteiger partial charge in [0.2, 0.25) is 5.91 Å². The number of methoxy groups -OCH3 is 3. The Balaban J connectivity index is 1.95. The number of carbonyl (C=O) groups excluding carboxylic acids is 3. The van der Waals surface area contributed by atoms with Crippen LogP contribution in [0.5, 0.6) is 17.2 Å². The number of carbonyl (C=O) groups is 3. The number of nitrogens with one attached hydrogen (secondary N) is 2. The molecular formula is C23H35N3O7. The van der Waals surface area contributed by atoms with E-state index in [1.807, 2.05) is 0 Å². The largest absolute Gasteiger partial charge is 0.496 e. The third kappa shape index (κ3) is 7.44. The van der Waals surface area contributed by atoms with E-state index in [4.69, 9.17) is 18.9 Å². The number of ether oxygens (including phenoxy) is 4. The number of hydrogen-bond acceptors (Lipinski definition) is 7. The fourth-order valence-electron chi connectivity index (χ4n) is 3.55. The van der Waals surface area contributed by atoms with Gasteiger partial charge in [-0.05, 0) is 33.6 Å². The summed E-state index contributed by atoms with van der Waals surface area (Å²) in [6.45, 7) is 6.69. The Bertz CT molecular complexity index is 851. The highest BCUT2D eigenvalue weighted by atomic mass is 16.6. The molecule has 10 heteroatoms. The third-order valence-electron chi connectivity index (χ3n) is 5.11. The van der Waals surface area contributed by atoms with Gasteiger partial charge in [0, 0.05) is 38.3 Å². The Morgan fingerprint density at radius 1 is 0.970 bits per heavy atom. The predicted octanol–water partition coefficient (Wildman–Crippen LogP) is 2.21. The lowest BCUT2D eigenvalue weighted by atomic mass is 9.96. The minimum absolute atomic E-state index is 0.155. The summed E-state index contributed by atoms with van der Waals surface area (Å²) in [5.74, 6) is 0.523. The van der Waals surface area contributed by atoms with Crippen LogP contribution in [0.25, 0.3) is 0 Å². The molecule has 1 heterocycles. The maximum Gasteiger partial charge on any atom is 0.407 e. The number of likely N-dealkylation sites (tertiary alicyclic amines) is 1. The average Bonchev–Trinajstić information content (AvgIpc) is 2.79. The van der Waals surface area contributed by atoms with Crippen LogP contribution in [0.15, 0.2) is 12.1 Å². The third-order valence-corrected chi connectivity index (χ3v) is 5.11. The van der Waals surface area contributed by atoms with E-state index in [0.717, 1.165) is 0 Å². The van der Waals surface area contributed by atoms with Crippen molar-refractivity contribution in [2.45, 2.75) is 39.2 Å². The van der Waals surface area contributed by atoms with Crippen molar-refractivity contribution in [3.05, 3.63) is 17.7 Å². The summed E-state index contributed by atoms with van der Waals surface area (Å²) in [6, 6.07) is 3.20. The van der Waals surface area contributed by atoms with Crippen LogP contribution in [0.4, 0.5) is 4.79 Å². The normalized spacial score (nSPS) is 15.9. The van der Waals surface area contributed by atoms with Gasteiger partial charge in [-0.1, -0.05) is 0 Å². The zero-order valence-electron chi connectivity index (χ0n) is 20.3. The molecule has 0 radical (unpaired) electrons. The van der Waals surface area contributed by atoms with Gasteiger partial charge in [0.1, 0.15) is 11.4 Å². The highest BCUT2D eigenvalue weighted by Gasteiger charge is 2.30. The van der Waals surface area contributed by atoms with Gasteiger partial charge in [-0.25, -0.2) is 4.79 Å². The summed E-state index contributed by atoms with van der Waals surface area (Å²) in [5, 5.41) is 5.42. The van der Waals surface area contributed by atoms with Gasteiger partial charge in [0.05, 0.1) is 32.8 Å². The molecule has 0 saturated carbocycles. The average molecular weight is 466 g/mol. The highest BCUT2D eigenvalue weighted by Crippen LogP contribution is 2.35. The molecule has 2 N–H and O–H groups in total. The molecule has 1 aliphatic heterocycles.